The van der Waals surface area contributed by atoms with E-state index >= 15 is 0 Å². The van der Waals surface area contributed by atoms with E-state index in [-0.39, 0.29) is 19.1 Å². The highest BCUT2D eigenvalue weighted by Gasteiger charge is 2.50. The average molecular weight is 234 g/mol. The highest BCUT2D eigenvalue weighted by atomic mass is 16.5. The van der Waals surface area contributed by atoms with E-state index in [1.54, 1.807) is 0 Å². The van der Waals surface area contributed by atoms with Gasteiger partial charge in [-0.3, -0.25) is 0 Å². The molecule has 0 unspecified atom stereocenters. The Hall–Kier alpha value is -0.200. The molecule has 5 heteroatoms. The molecular weight excluding hydrogens is 212 g/mol. The molecule has 0 aliphatic heterocycles. The highest BCUT2D eigenvalue weighted by molar-refractivity contribution is 5.00. The van der Waals surface area contributed by atoms with Gasteiger partial charge in [-0.25, -0.2) is 0 Å². The monoisotopic (exact) mass is 234 g/mol. The molecule has 0 spiro atoms. The molecule has 1 aliphatic rings. The van der Waals surface area contributed by atoms with Crippen molar-refractivity contribution in [3.63, 3.8) is 0 Å². The Kier molecular flexibility index (Phi) is 4.70. The minimum atomic E-state index is -1.24. The third kappa shape index (κ3) is 2.55. The normalized spacial score (nSPS) is 35.6. The molecule has 1 rings (SSSR count). The molecule has 0 bridgehead atoms. The molecule has 5 nitrogen and oxygen atoms in total. The maximum absolute atomic E-state index is 10.4. The molecule has 1 fully saturated rings. The first-order chi connectivity index (χ1) is 7.46. The van der Waals surface area contributed by atoms with Crippen molar-refractivity contribution >= 4 is 0 Å². The number of ether oxygens (including phenoxy) is 2. The maximum atomic E-state index is 10.4. The van der Waals surface area contributed by atoms with Crippen molar-refractivity contribution in [1.82, 2.24) is 0 Å². The fraction of sp³-hybridized carbons (Fsp3) is 1.00. The van der Waals surface area contributed by atoms with Crippen LogP contribution in [0.5, 0.6) is 0 Å². The molecular formula is C11H22O5. The van der Waals surface area contributed by atoms with Gasteiger partial charge in [0.15, 0.2) is 0 Å². The van der Waals surface area contributed by atoms with Gasteiger partial charge in [0.05, 0.1) is 25.4 Å². The summed E-state index contributed by atoms with van der Waals surface area (Å²) in [6.07, 6.45) is -1.15. The number of hydrogen-bond donors (Lipinski definition) is 3. The molecule has 1 saturated carbocycles. The lowest BCUT2D eigenvalue weighted by Crippen LogP contribution is -2.50. The summed E-state index contributed by atoms with van der Waals surface area (Å²) in [6.45, 7) is 2.03. The second kappa shape index (κ2) is 5.42. The van der Waals surface area contributed by atoms with E-state index in [0.717, 1.165) is 0 Å². The van der Waals surface area contributed by atoms with E-state index in [4.69, 9.17) is 9.47 Å². The molecule has 0 heterocycles. The highest BCUT2D eigenvalue weighted by Crippen LogP contribution is 2.38. The summed E-state index contributed by atoms with van der Waals surface area (Å²) in [5.41, 5.74) is -1.24. The Labute approximate surface area is 96.0 Å². The van der Waals surface area contributed by atoms with E-state index < -0.39 is 23.7 Å². The molecule has 16 heavy (non-hydrogen) atoms. The molecule has 1 aliphatic carbocycles. The fourth-order valence-corrected chi connectivity index (χ4v) is 2.55. The topological polar surface area (TPSA) is 79.2 Å². The molecule has 0 aromatic rings. The first-order valence-electron chi connectivity index (χ1n) is 5.52. The molecule has 4 atom stereocenters. The quantitative estimate of drug-likeness (QED) is 0.591. The number of aliphatic hydroxyl groups is 3. The molecule has 96 valence electrons. The van der Waals surface area contributed by atoms with E-state index in [2.05, 4.69) is 0 Å². The van der Waals surface area contributed by atoms with Crippen LogP contribution in [0.25, 0.3) is 0 Å². The third-order valence-electron chi connectivity index (χ3n) is 3.45. The zero-order valence-electron chi connectivity index (χ0n) is 10.1. The van der Waals surface area contributed by atoms with Crippen LogP contribution in [0.1, 0.15) is 13.3 Å². The van der Waals surface area contributed by atoms with Crippen molar-refractivity contribution in [2.75, 3.05) is 27.4 Å². The van der Waals surface area contributed by atoms with Crippen molar-refractivity contribution in [3.8, 4) is 0 Å². The largest absolute Gasteiger partial charge is 0.390 e. The van der Waals surface area contributed by atoms with Gasteiger partial charge < -0.3 is 24.8 Å². The number of hydrogen-bond acceptors (Lipinski definition) is 5. The first-order valence-corrected chi connectivity index (χ1v) is 5.52. The van der Waals surface area contributed by atoms with Crippen LogP contribution in [0, 0.1) is 11.8 Å². The Morgan fingerprint density at radius 3 is 1.94 bits per heavy atom. The SMILES string of the molecule is COCC(O)(COC)[C@H]1C[C@@H](C)[C@H](O)[C@@H]1O. The Morgan fingerprint density at radius 1 is 1.12 bits per heavy atom. The molecule has 0 saturated heterocycles. The van der Waals surface area contributed by atoms with Crippen molar-refractivity contribution in [2.45, 2.75) is 31.2 Å². The summed E-state index contributed by atoms with van der Waals surface area (Å²) < 4.78 is 9.94. The predicted molar refractivity (Wildman–Crippen MR) is 58.0 cm³/mol. The summed E-state index contributed by atoms with van der Waals surface area (Å²) >= 11 is 0. The van der Waals surface area contributed by atoms with Crippen LogP contribution >= 0.6 is 0 Å². The zero-order chi connectivity index (χ0) is 12.3. The van der Waals surface area contributed by atoms with Gasteiger partial charge in [0.1, 0.15) is 5.60 Å². The smallest absolute Gasteiger partial charge is 0.116 e. The molecule has 0 amide bonds. The zero-order valence-corrected chi connectivity index (χ0v) is 10.1. The lowest BCUT2D eigenvalue weighted by molar-refractivity contribution is -0.141. The van der Waals surface area contributed by atoms with Gasteiger partial charge in [0.25, 0.3) is 0 Å². The fourth-order valence-electron chi connectivity index (χ4n) is 2.55. The Balaban J connectivity index is 2.79. The van der Waals surface area contributed by atoms with Gasteiger partial charge in [-0.15, -0.1) is 0 Å². The average Bonchev–Trinajstić information content (AvgIpc) is 2.47. The predicted octanol–water partition coefficient (Wildman–Crippen LogP) is -0.612. The van der Waals surface area contributed by atoms with Crippen LogP contribution in [0.2, 0.25) is 0 Å². The van der Waals surface area contributed by atoms with Crippen molar-refractivity contribution in [2.24, 2.45) is 11.8 Å². The van der Waals surface area contributed by atoms with Crippen molar-refractivity contribution < 1.29 is 24.8 Å². The number of rotatable bonds is 5. The molecule has 0 aromatic heterocycles. The Morgan fingerprint density at radius 2 is 1.62 bits per heavy atom. The number of methoxy groups -OCH3 is 2. The van der Waals surface area contributed by atoms with Gasteiger partial charge >= 0.3 is 0 Å². The van der Waals surface area contributed by atoms with Crippen LogP contribution in [0.15, 0.2) is 0 Å². The van der Waals surface area contributed by atoms with E-state index in [0.29, 0.717) is 6.42 Å². The second-order valence-corrected chi connectivity index (χ2v) is 4.77. The Bertz CT molecular complexity index is 214. The summed E-state index contributed by atoms with van der Waals surface area (Å²) in [5, 5.41) is 30.0. The maximum Gasteiger partial charge on any atom is 0.116 e. The van der Waals surface area contributed by atoms with Crippen LogP contribution in [-0.2, 0) is 9.47 Å². The van der Waals surface area contributed by atoms with Gasteiger partial charge in [-0.05, 0) is 12.3 Å². The standard InChI is InChI=1S/C11H22O5/c1-7-4-8(10(13)9(7)12)11(14,5-15-2)6-16-3/h7-10,12-14H,4-6H2,1-3H3/t7-,8+,9+,10-/m1/s1. The third-order valence-corrected chi connectivity index (χ3v) is 3.45. The van der Waals surface area contributed by atoms with Gasteiger partial charge in [0.2, 0.25) is 0 Å². The summed E-state index contributed by atoms with van der Waals surface area (Å²) in [4.78, 5) is 0. The number of aliphatic hydroxyl groups excluding tert-OH is 2. The van der Waals surface area contributed by atoms with Gasteiger partial charge in [0, 0.05) is 20.1 Å². The van der Waals surface area contributed by atoms with Crippen LogP contribution in [0.3, 0.4) is 0 Å². The molecule has 3 N–H and O–H groups in total. The minimum absolute atomic E-state index is 0.0276. The van der Waals surface area contributed by atoms with Crippen LogP contribution in [0.4, 0.5) is 0 Å². The van der Waals surface area contributed by atoms with E-state index in [9.17, 15) is 15.3 Å². The molecule has 0 radical (unpaired) electrons. The minimum Gasteiger partial charge on any atom is -0.390 e. The van der Waals surface area contributed by atoms with Gasteiger partial charge in [-0.2, -0.15) is 0 Å². The summed E-state index contributed by atoms with van der Waals surface area (Å²) in [7, 11) is 2.98. The van der Waals surface area contributed by atoms with Gasteiger partial charge in [-0.1, -0.05) is 6.92 Å². The van der Waals surface area contributed by atoms with E-state index in [1.807, 2.05) is 6.92 Å². The second-order valence-electron chi connectivity index (χ2n) is 4.77. The molecule has 0 aromatic carbocycles. The summed E-state index contributed by atoms with van der Waals surface area (Å²) in [5.74, 6) is -0.447. The van der Waals surface area contributed by atoms with Crippen LogP contribution in [-0.4, -0.2) is 60.6 Å². The van der Waals surface area contributed by atoms with E-state index in [1.165, 1.54) is 14.2 Å². The lowest BCUT2D eigenvalue weighted by atomic mass is 9.85. The van der Waals surface area contributed by atoms with Crippen LogP contribution < -0.4 is 0 Å². The van der Waals surface area contributed by atoms with Crippen molar-refractivity contribution in [1.29, 1.82) is 0 Å². The summed E-state index contributed by atoms with van der Waals surface area (Å²) in [6, 6.07) is 0. The first kappa shape index (κ1) is 13.9. The lowest BCUT2D eigenvalue weighted by Gasteiger charge is -2.34. The van der Waals surface area contributed by atoms with Crippen molar-refractivity contribution in [3.05, 3.63) is 0 Å².